The highest BCUT2D eigenvalue weighted by molar-refractivity contribution is 9.10. The molecule has 1 aromatic carbocycles. The van der Waals surface area contributed by atoms with Gasteiger partial charge in [-0.2, -0.15) is 0 Å². The van der Waals surface area contributed by atoms with Crippen molar-refractivity contribution < 1.29 is 4.39 Å². The average molecular weight is 342 g/mol. The third-order valence-electron chi connectivity index (χ3n) is 4.67. The number of nitrogens with one attached hydrogen (secondary N) is 1. The molecule has 112 valence electrons. The Kier molecular flexibility index (Phi) is 6.03. The minimum Gasteiger partial charge on any atom is -0.310 e. The SMILES string of the molecule is CCNC(c1ccc(F)c(Br)c1)C1CCC(CC)CC1. The van der Waals surface area contributed by atoms with Crippen LogP contribution in [0.2, 0.25) is 0 Å². The lowest BCUT2D eigenvalue weighted by Gasteiger charge is -2.34. The first kappa shape index (κ1) is 16.0. The molecule has 1 unspecified atom stereocenters. The van der Waals surface area contributed by atoms with E-state index in [4.69, 9.17) is 0 Å². The summed E-state index contributed by atoms with van der Waals surface area (Å²) in [6.07, 6.45) is 6.55. The second kappa shape index (κ2) is 7.56. The maximum Gasteiger partial charge on any atom is 0.137 e. The molecule has 0 spiro atoms. The summed E-state index contributed by atoms with van der Waals surface area (Å²) in [5.74, 6) is 1.40. The van der Waals surface area contributed by atoms with Crippen molar-refractivity contribution in [3.05, 3.63) is 34.1 Å². The average Bonchev–Trinajstić information content (AvgIpc) is 2.48. The van der Waals surface area contributed by atoms with E-state index in [1.165, 1.54) is 37.7 Å². The Bertz CT molecular complexity index is 427. The topological polar surface area (TPSA) is 12.0 Å². The summed E-state index contributed by atoms with van der Waals surface area (Å²) in [5.41, 5.74) is 1.21. The lowest BCUT2D eigenvalue weighted by molar-refractivity contribution is 0.220. The second-order valence-electron chi connectivity index (χ2n) is 5.90. The molecule has 20 heavy (non-hydrogen) atoms. The van der Waals surface area contributed by atoms with Crippen LogP contribution < -0.4 is 5.32 Å². The Morgan fingerprint density at radius 2 is 1.95 bits per heavy atom. The quantitative estimate of drug-likeness (QED) is 0.750. The summed E-state index contributed by atoms with van der Waals surface area (Å²) in [6, 6.07) is 5.80. The number of hydrogen-bond acceptors (Lipinski definition) is 1. The van der Waals surface area contributed by atoms with E-state index in [1.54, 1.807) is 6.07 Å². The molecule has 0 radical (unpaired) electrons. The van der Waals surface area contributed by atoms with E-state index in [1.807, 2.05) is 12.1 Å². The molecule has 0 heterocycles. The highest BCUT2D eigenvalue weighted by Crippen LogP contribution is 2.38. The molecule has 0 amide bonds. The molecule has 1 aromatic rings. The third-order valence-corrected chi connectivity index (χ3v) is 5.27. The van der Waals surface area contributed by atoms with Gasteiger partial charge in [0.1, 0.15) is 5.82 Å². The summed E-state index contributed by atoms with van der Waals surface area (Å²) in [6.45, 7) is 5.39. The molecule has 1 aliphatic rings. The first-order valence-corrected chi connectivity index (χ1v) is 8.63. The number of hydrogen-bond donors (Lipinski definition) is 1. The van der Waals surface area contributed by atoms with E-state index in [9.17, 15) is 4.39 Å². The molecule has 1 nitrogen and oxygen atoms in total. The fraction of sp³-hybridized carbons (Fsp3) is 0.647. The maximum absolute atomic E-state index is 13.4. The van der Waals surface area contributed by atoms with Crippen molar-refractivity contribution in [3.8, 4) is 0 Å². The van der Waals surface area contributed by atoms with Gasteiger partial charge in [-0.15, -0.1) is 0 Å². The highest BCUT2D eigenvalue weighted by atomic mass is 79.9. The molecule has 1 aliphatic carbocycles. The van der Waals surface area contributed by atoms with E-state index in [0.29, 0.717) is 16.4 Å². The van der Waals surface area contributed by atoms with Crippen molar-refractivity contribution in [3.63, 3.8) is 0 Å². The van der Waals surface area contributed by atoms with Crippen molar-refractivity contribution in [1.29, 1.82) is 0 Å². The van der Waals surface area contributed by atoms with Crippen LogP contribution in [0.3, 0.4) is 0 Å². The third kappa shape index (κ3) is 3.82. The lowest BCUT2D eigenvalue weighted by atomic mass is 9.76. The minimum absolute atomic E-state index is 0.182. The maximum atomic E-state index is 13.4. The van der Waals surface area contributed by atoms with Crippen molar-refractivity contribution >= 4 is 15.9 Å². The Labute approximate surface area is 130 Å². The molecule has 1 fully saturated rings. The molecule has 0 saturated heterocycles. The monoisotopic (exact) mass is 341 g/mol. The summed E-state index contributed by atoms with van der Waals surface area (Å²) >= 11 is 3.31. The predicted octanol–water partition coefficient (Wildman–Crippen LogP) is 5.46. The predicted molar refractivity (Wildman–Crippen MR) is 86.3 cm³/mol. The zero-order chi connectivity index (χ0) is 14.5. The van der Waals surface area contributed by atoms with Crippen LogP contribution in [-0.4, -0.2) is 6.54 Å². The highest BCUT2D eigenvalue weighted by Gasteiger charge is 2.27. The van der Waals surface area contributed by atoms with Crippen LogP contribution in [0.1, 0.15) is 57.6 Å². The van der Waals surface area contributed by atoms with Gasteiger partial charge in [0.15, 0.2) is 0 Å². The number of rotatable bonds is 5. The Morgan fingerprint density at radius 3 is 2.50 bits per heavy atom. The van der Waals surface area contributed by atoms with Crippen molar-refractivity contribution in [2.45, 2.75) is 52.0 Å². The smallest absolute Gasteiger partial charge is 0.137 e. The fourth-order valence-corrected chi connectivity index (χ4v) is 3.81. The Balaban J connectivity index is 2.12. The molecule has 2 rings (SSSR count). The largest absolute Gasteiger partial charge is 0.310 e. The zero-order valence-corrected chi connectivity index (χ0v) is 14.0. The fourth-order valence-electron chi connectivity index (χ4n) is 3.41. The summed E-state index contributed by atoms with van der Waals surface area (Å²) in [7, 11) is 0. The van der Waals surface area contributed by atoms with E-state index in [0.717, 1.165) is 12.5 Å². The normalized spacial score (nSPS) is 24.6. The number of halogens is 2. The van der Waals surface area contributed by atoms with Crippen LogP contribution in [-0.2, 0) is 0 Å². The van der Waals surface area contributed by atoms with E-state index in [2.05, 4.69) is 35.1 Å². The van der Waals surface area contributed by atoms with Gasteiger partial charge in [-0.25, -0.2) is 4.39 Å². The lowest BCUT2D eigenvalue weighted by Crippen LogP contribution is -2.31. The van der Waals surface area contributed by atoms with Gasteiger partial charge < -0.3 is 5.32 Å². The zero-order valence-electron chi connectivity index (χ0n) is 12.5. The standard InChI is InChI=1S/C17H25BrFN/c1-3-12-5-7-13(8-6-12)17(20-4-2)14-9-10-16(19)15(18)11-14/h9-13,17,20H,3-8H2,1-2H3. The van der Waals surface area contributed by atoms with Crippen LogP contribution in [0.4, 0.5) is 4.39 Å². The molecular weight excluding hydrogens is 317 g/mol. The van der Waals surface area contributed by atoms with E-state index >= 15 is 0 Å². The number of benzene rings is 1. The summed E-state index contributed by atoms with van der Waals surface area (Å²) in [5, 5.41) is 3.60. The Morgan fingerprint density at radius 1 is 1.25 bits per heavy atom. The second-order valence-corrected chi connectivity index (χ2v) is 6.75. The summed E-state index contributed by atoms with van der Waals surface area (Å²) < 4.78 is 14.0. The first-order valence-electron chi connectivity index (χ1n) is 7.84. The molecule has 1 atom stereocenters. The van der Waals surface area contributed by atoms with Gasteiger partial charge in [0.2, 0.25) is 0 Å². The molecule has 0 bridgehead atoms. The van der Waals surface area contributed by atoms with Gasteiger partial charge >= 0.3 is 0 Å². The van der Waals surface area contributed by atoms with Gasteiger partial charge in [0.05, 0.1) is 4.47 Å². The minimum atomic E-state index is -0.182. The molecule has 3 heteroatoms. The first-order chi connectivity index (χ1) is 9.65. The van der Waals surface area contributed by atoms with Crippen LogP contribution in [0.15, 0.2) is 22.7 Å². The van der Waals surface area contributed by atoms with Gasteiger partial charge in [-0.3, -0.25) is 0 Å². The van der Waals surface area contributed by atoms with Crippen molar-refractivity contribution in [2.75, 3.05) is 6.54 Å². The van der Waals surface area contributed by atoms with E-state index < -0.39 is 0 Å². The van der Waals surface area contributed by atoms with Gasteiger partial charge in [0, 0.05) is 6.04 Å². The molecule has 0 aromatic heterocycles. The van der Waals surface area contributed by atoms with Crippen LogP contribution >= 0.6 is 15.9 Å². The Hall–Kier alpha value is -0.410. The van der Waals surface area contributed by atoms with Crippen molar-refractivity contribution in [1.82, 2.24) is 5.32 Å². The van der Waals surface area contributed by atoms with Crippen LogP contribution in [0.25, 0.3) is 0 Å². The molecular formula is C17H25BrFN. The van der Waals surface area contributed by atoms with Crippen LogP contribution in [0.5, 0.6) is 0 Å². The van der Waals surface area contributed by atoms with Crippen LogP contribution in [0, 0.1) is 17.7 Å². The molecule has 1 N–H and O–H groups in total. The van der Waals surface area contributed by atoms with Gasteiger partial charge in [0.25, 0.3) is 0 Å². The summed E-state index contributed by atoms with van der Waals surface area (Å²) in [4.78, 5) is 0. The van der Waals surface area contributed by atoms with Gasteiger partial charge in [-0.05, 0) is 64.8 Å². The molecule has 1 saturated carbocycles. The van der Waals surface area contributed by atoms with Crippen molar-refractivity contribution in [2.24, 2.45) is 11.8 Å². The van der Waals surface area contributed by atoms with E-state index in [-0.39, 0.29) is 5.82 Å². The molecule has 0 aliphatic heterocycles. The van der Waals surface area contributed by atoms with Gasteiger partial charge in [-0.1, -0.05) is 39.2 Å².